The van der Waals surface area contributed by atoms with E-state index in [0.29, 0.717) is 6.54 Å². The van der Waals surface area contributed by atoms with Gasteiger partial charge in [0.05, 0.1) is 6.10 Å². The summed E-state index contributed by atoms with van der Waals surface area (Å²) in [5, 5.41) is 9.47. The van der Waals surface area contributed by atoms with Gasteiger partial charge in [0.2, 0.25) is 0 Å². The number of piperidine rings is 1. The fourth-order valence-corrected chi connectivity index (χ4v) is 1.86. The van der Waals surface area contributed by atoms with E-state index in [-0.39, 0.29) is 11.9 Å². The number of benzene rings is 1. The molecule has 0 spiro atoms. The SMILES string of the molecule is OC1CCCN(c2cccc(F)c2)C1. The molecule has 76 valence electrons. The molecule has 1 atom stereocenters. The molecule has 0 aliphatic carbocycles. The largest absolute Gasteiger partial charge is 0.391 e. The third kappa shape index (κ3) is 2.04. The molecule has 14 heavy (non-hydrogen) atoms. The molecule has 1 heterocycles. The van der Waals surface area contributed by atoms with Gasteiger partial charge >= 0.3 is 0 Å². The smallest absolute Gasteiger partial charge is 0.125 e. The zero-order chi connectivity index (χ0) is 9.97. The highest BCUT2D eigenvalue weighted by Crippen LogP contribution is 2.20. The van der Waals surface area contributed by atoms with Crippen molar-refractivity contribution in [1.82, 2.24) is 0 Å². The maximum Gasteiger partial charge on any atom is 0.125 e. The normalized spacial score (nSPS) is 22.4. The second kappa shape index (κ2) is 3.96. The van der Waals surface area contributed by atoms with Crippen LogP contribution in [0, 0.1) is 5.82 Å². The van der Waals surface area contributed by atoms with E-state index in [1.165, 1.54) is 12.1 Å². The lowest BCUT2D eigenvalue weighted by molar-refractivity contribution is 0.154. The van der Waals surface area contributed by atoms with Crippen LogP contribution in [0.5, 0.6) is 0 Å². The number of rotatable bonds is 1. The fourth-order valence-electron chi connectivity index (χ4n) is 1.86. The lowest BCUT2D eigenvalue weighted by Gasteiger charge is -2.31. The topological polar surface area (TPSA) is 23.5 Å². The summed E-state index contributed by atoms with van der Waals surface area (Å²) in [6, 6.07) is 6.52. The second-order valence-electron chi connectivity index (χ2n) is 3.72. The summed E-state index contributed by atoms with van der Waals surface area (Å²) in [5.74, 6) is -0.220. The van der Waals surface area contributed by atoms with Crippen molar-refractivity contribution in [2.45, 2.75) is 18.9 Å². The summed E-state index contributed by atoms with van der Waals surface area (Å²) in [5.41, 5.74) is 0.865. The second-order valence-corrected chi connectivity index (χ2v) is 3.72. The van der Waals surface area contributed by atoms with E-state index in [0.717, 1.165) is 25.1 Å². The minimum absolute atomic E-state index is 0.220. The molecule has 1 aromatic carbocycles. The molecule has 1 fully saturated rings. The maximum absolute atomic E-state index is 12.9. The van der Waals surface area contributed by atoms with Crippen LogP contribution in [0.2, 0.25) is 0 Å². The molecule has 0 bridgehead atoms. The zero-order valence-corrected chi connectivity index (χ0v) is 7.99. The first-order valence-electron chi connectivity index (χ1n) is 4.94. The predicted molar refractivity (Wildman–Crippen MR) is 53.9 cm³/mol. The Morgan fingerprint density at radius 3 is 3.00 bits per heavy atom. The van der Waals surface area contributed by atoms with Crippen molar-refractivity contribution in [3.63, 3.8) is 0 Å². The van der Waals surface area contributed by atoms with E-state index in [1.807, 2.05) is 11.0 Å². The summed E-state index contributed by atoms with van der Waals surface area (Å²) in [6.07, 6.45) is 1.55. The van der Waals surface area contributed by atoms with Crippen molar-refractivity contribution in [1.29, 1.82) is 0 Å². The number of anilines is 1. The first-order valence-corrected chi connectivity index (χ1v) is 4.94. The maximum atomic E-state index is 12.9. The molecular formula is C11H14FNO. The summed E-state index contributed by atoms with van der Waals surface area (Å²) in [6.45, 7) is 1.52. The number of hydrogen-bond donors (Lipinski definition) is 1. The lowest BCUT2D eigenvalue weighted by atomic mass is 10.1. The Balaban J connectivity index is 2.14. The van der Waals surface area contributed by atoms with Crippen LogP contribution in [0.15, 0.2) is 24.3 Å². The molecule has 3 heteroatoms. The molecule has 2 nitrogen and oxygen atoms in total. The highest BCUT2D eigenvalue weighted by Gasteiger charge is 2.17. The summed E-state index contributed by atoms with van der Waals surface area (Å²) in [7, 11) is 0. The minimum Gasteiger partial charge on any atom is -0.391 e. The quantitative estimate of drug-likeness (QED) is 0.738. The summed E-state index contributed by atoms with van der Waals surface area (Å²) >= 11 is 0. The highest BCUT2D eigenvalue weighted by atomic mass is 19.1. The van der Waals surface area contributed by atoms with Gasteiger partial charge in [0.25, 0.3) is 0 Å². The van der Waals surface area contributed by atoms with Crippen molar-refractivity contribution in [2.24, 2.45) is 0 Å². The van der Waals surface area contributed by atoms with Gasteiger partial charge in [0.1, 0.15) is 5.82 Å². The number of β-amino-alcohol motifs (C(OH)–C–C–N with tert-alkyl or cyclic N) is 1. The summed E-state index contributed by atoms with van der Waals surface area (Å²) < 4.78 is 12.9. The van der Waals surface area contributed by atoms with Crippen molar-refractivity contribution in [2.75, 3.05) is 18.0 Å². The Morgan fingerprint density at radius 2 is 2.29 bits per heavy atom. The van der Waals surface area contributed by atoms with Gasteiger partial charge in [-0.05, 0) is 31.0 Å². The molecule has 0 aromatic heterocycles. The van der Waals surface area contributed by atoms with E-state index < -0.39 is 0 Å². The van der Waals surface area contributed by atoms with Crippen molar-refractivity contribution in [3.8, 4) is 0 Å². The molecule has 0 saturated carbocycles. The number of hydrogen-bond acceptors (Lipinski definition) is 2. The van der Waals surface area contributed by atoms with Crippen LogP contribution in [0.1, 0.15) is 12.8 Å². The molecule has 0 radical (unpaired) electrons. The van der Waals surface area contributed by atoms with E-state index in [1.54, 1.807) is 6.07 Å². The third-order valence-corrected chi connectivity index (χ3v) is 2.57. The van der Waals surface area contributed by atoms with Gasteiger partial charge in [-0.2, -0.15) is 0 Å². The predicted octanol–water partition coefficient (Wildman–Crippen LogP) is 1.79. The van der Waals surface area contributed by atoms with Crippen LogP contribution in [0.25, 0.3) is 0 Å². The molecule has 0 amide bonds. The van der Waals surface area contributed by atoms with E-state index in [2.05, 4.69) is 0 Å². The molecule has 2 rings (SSSR count). The van der Waals surface area contributed by atoms with Gasteiger partial charge in [-0.15, -0.1) is 0 Å². The van der Waals surface area contributed by atoms with Crippen molar-refractivity contribution in [3.05, 3.63) is 30.1 Å². The zero-order valence-electron chi connectivity index (χ0n) is 7.99. The molecule has 1 aliphatic rings. The van der Waals surface area contributed by atoms with Gasteiger partial charge in [-0.3, -0.25) is 0 Å². The van der Waals surface area contributed by atoms with Crippen LogP contribution in [-0.4, -0.2) is 24.3 Å². The molecule has 1 unspecified atom stereocenters. The Bertz CT molecular complexity index is 316. The molecule has 1 saturated heterocycles. The number of aliphatic hydroxyl groups excluding tert-OH is 1. The minimum atomic E-state index is -0.271. The standard InChI is InChI=1S/C11H14FNO/c12-9-3-1-4-10(7-9)13-6-2-5-11(14)8-13/h1,3-4,7,11,14H,2,5-6,8H2. The molecular weight excluding hydrogens is 181 g/mol. The Morgan fingerprint density at radius 1 is 1.43 bits per heavy atom. The fraction of sp³-hybridized carbons (Fsp3) is 0.455. The third-order valence-electron chi connectivity index (χ3n) is 2.57. The van der Waals surface area contributed by atoms with E-state index in [4.69, 9.17) is 0 Å². The van der Waals surface area contributed by atoms with E-state index >= 15 is 0 Å². The van der Waals surface area contributed by atoms with Gasteiger partial charge in [0, 0.05) is 18.8 Å². The van der Waals surface area contributed by atoms with Gasteiger partial charge in [-0.25, -0.2) is 4.39 Å². The van der Waals surface area contributed by atoms with Crippen molar-refractivity contribution < 1.29 is 9.50 Å². The Kier molecular flexibility index (Phi) is 2.68. The Hall–Kier alpha value is -1.09. The van der Waals surface area contributed by atoms with Crippen molar-refractivity contribution >= 4 is 5.69 Å². The molecule has 1 aromatic rings. The number of nitrogens with zero attached hydrogens (tertiary/aromatic N) is 1. The summed E-state index contributed by atoms with van der Waals surface area (Å²) in [4.78, 5) is 2.03. The van der Waals surface area contributed by atoms with Crippen LogP contribution >= 0.6 is 0 Å². The Labute approximate surface area is 83.0 Å². The first kappa shape index (κ1) is 9.46. The first-order chi connectivity index (χ1) is 6.75. The average Bonchev–Trinajstić information content (AvgIpc) is 2.18. The van der Waals surface area contributed by atoms with Gasteiger partial charge in [-0.1, -0.05) is 6.07 Å². The average molecular weight is 195 g/mol. The number of halogens is 1. The van der Waals surface area contributed by atoms with Crippen LogP contribution in [-0.2, 0) is 0 Å². The number of aliphatic hydroxyl groups is 1. The molecule has 1 aliphatic heterocycles. The van der Waals surface area contributed by atoms with Crippen LogP contribution in [0.3, 0.4) is 0 Å². The monoisotopic (exact) mass is 195 g/mol. The van der Waals surface area contributed by atoms with Gasteiger partial charge in [0.15, 0.2) is 0 Å². The lowest BCUT2D eigenvalue weighted by Crippen LogP contribution is -2.38. The highest BCUT2D eigenvalue weighted by molar-refractivity contribution is 5.46. The van der Waals surface area contributed by atoms with Gasteiger partial charge < -0.3 is 10.0 Å². The van der Waals surface area contributed by atoms with Crippen LogP contribution < -0.4 is 4.90 Å². The molecule has 1 N–H and O–H groups in total. The van der Waals surface area contributed by atoms with E-state index in [9.17, 15) is 9.50 Å². The van der Waals surface area contributed by atoms with Crippen LogP contribution in [0.4, 0.5) is 10.1 Å².